The summed E-state index contributed by atoms with van der Waals surface area (Å²) >= 11 is 0. The average molecular weight is 233 g/mol. The Hall–Kier alpha value is -1.55. The Balaban J connectivity index is 2.27. The average Bonchev–Trinajstić information content (AvgIpc) is 2.36. The maximum absolute atomic E-state index is 12.3. The van der Waals surface area contributed by atoms with Crippen molar-refractivity contribution >= 4 is 11.6 Å². The van der Waals surface area contributed by atoms with Crippen molar-refractivity contribution in [3.8, 4) is 0 Å². The van der Waals surface area contributed by atoms with Gasteiger partial charge in [0.2, 0.25) is 0 Å². The number of amides is 1. The second-order valence-electron chi connectivity index (χ2n) is 4.51. The minimum atomic E-state index is 0.0482. The Morgan fingerprint density at radius 2 is 1.94 bits per heavy atom. The van der Waals surface area contributed by atoms with Gasteiger partial charge in [-0.1, -0.05) is 6.07 Å². The van der Waals surface area contributed by atoms with Crippen LogP contribution in [0.25, 0.3) is 0 Å². The fraction of sp³-hybridized carbons (Fsp3) is 0.462. The maximum atomic E-state index is 12.3. The normalized spacial score (nSPS) is 16.0. The molecule has 1 amide bonds. The molecule has 92 valence electrons. The van der Waals surface area contributed by atoms with Crippen LogP contribution in [0.5, 0.6) is 0 Å². The highest BCUT2D eigenvalue weighted by molar-refractivity contribution is 6.00. The van der Waals surface area contributed by atoms with E-state index >= 15 is 0 Å². The lowest BCUT2D eigenvalue weighted by atomic mass is 10.0. The fourth-order valence-corrected chi connectivity index (χ4v) is 2.06. The number of aryl methyl sites for hydroxylation is 1. The molecule has 1 saturated heterocycles. The summed E-state index contributed by atoms with van der Waals surface area (Å²) in [5, 5.41) is 3.23. The van der Waals surface area contributed by atoms with Gasteiger partial charge in [-0.25, -0.2) is 0 Å². The van der Waals surface area contributed by atoms with Gasteiger partial charge in [-0.3, -0.25) is 4.79 Å². The molecule has 0 atom stereocenters. The number of nitrogens with two attached hydrogens (primary N) is 1. The summed E-state index contributed by atoms with van der Waals surface area (Å²) in [7, 11) is 0. The monoisotopic (exact) mass is 233 g/mol. The molecule has 2 rings (SSSR count). The molecular weight excluding hydrogens is 214 g/mol. The summed E-state index contributed by atoms with van der Waals surface area (Å²) in [6.07, 6.45) is 0. The highest BCUT2D eigenvalue weighted by atomic mass is 16.2. The van der Waals surface area contributed by atoms with E-state index in [2.05, 4.69) is 5.32 Å². The van der Waals surface area contributed by atoms with Crippen LogP contribution in [0, 0.1) is 13.8 Å². The Morgan fingerprint density at radius 3 is 2.59 bits per heavy atom. The molecule has 0 aliphatic carbocycles. The second-order valence-corrected chi connectivity index (χ2v) is 4.51. The molecule has 0 aromatic heterocycles. The van der Waals surface area contributed by atoms with E-state index in [1.807, 2.05) is 30.9 Å². The number of rotatable bonds is 1. The molecule has 1 aliphatic rings. The molecule has 1 fully saturated rings. The van der Waals surface area contributed by atoms with E-state index in [-0.39, 0.29) is 5.91 Å². The predicted octanol–water partition coefficient (Wildman–Crippen LogP) is 0.931. The molecule has 3 N–H and O–H groups in total. The van der Waals surface area contributed by atoms with Crippen molar-refractivity contribution in [2.45, 2.75) is 13.8 Å². The Morgan fingerprint density at radius 1 is 1.29 bits per heavy atom. The van der Waals surface area contributed by atoms with Crippen molar-refractivity contribution in [1.29, 1.82) is 0 Å². The summed E-state index contributed by atoms with van der Waals surface area (Å²) in [6, 6.07) is 3.79. The van der Waals surface area contributed by atoms with E-state index in [9.17, 15) is 4.79 Å². The summed E-state index contributed by atoms with van der Waals surface area (Å²) in [5.41, 5.74) is 9.41. The van der Waals surface area contributed by atoms with Gasteiger partial charge in [-0.15, -0.1) is 0 Å². The van der Waals surface area contributed by atoms with Crippen LogP contribution in [0.1, 0.15) is 21.5 Å². The first-order chi connectivity index (χ1) is 8.11. The molecule has 0 spiro atoms. The molecule has 1 aromatic carbocycles. The minimum Gasteiger partial charge on any atom is -0.398 e. The lowest BCUT2D eigenvalue weighted by molar-refractivity contribution is 0.0737. The number of nitrogens with one attached hydrogen (secondary N) is 1. The topological polar surface area (TPSA) is 58.4 Å². The molecule has 4 nitrogen and oxygen atoms in total. The SMILES string of the molecule is Cc1ccc(C(=O)N2CCNCC2)c(N)c1C. The maximum Gasteiger partial charge on any atom is 0.256 e. The molecule has 1 aromatic rings. The minimum absolute atomic E-state index is 0.0482. The number of carbonyl (C=O) groups excluding carboxylic acids is 1. The molecular formula is C13H19N3O. The van der Waals surface area contributed by atoms with Crippen LogP contribution < -0.4 is 11.1 Å². The molecule has 0 bridgehead atoms. The summed E-state index contributed by atoms with van der Waals surface area (Å²) in [6.45, 7) is 7.19. The third kappa shape index (κ3) is 2.26. The van der Waals surface area contributed by atoms with E-state index in [1.54, 1.807) is 0 Å². The lowest BCUT2D eigenvalue weighted by Gasteiger charge is -2.28. The van der Waals surface area contributed by atoms with Crippen molar-refractivity contribution in [3.63, 3.8) is 0 Å². The van der Waals surface area contributed by atoms with Crippen molar-refractivity contribution in [2.24, 2.45) is 0 Å². The Labute approximate surface area is 102 Å². The van der Waals surface area contributed by atoms with Gasteiger partial charge in [0, 0.05) is 31.9 Å². The van der Waals surface area contributed by atoms with E-state index < -0.39 is 0 Å². The molecule has 17 heavy (non-hydrogen) atoms. The number of hydrogen-bond acceptors (Lipinski definition) is 3. The number of benzene rings is 1. The number of hydrogen-bond donors (Lipinski definition) is 2. The van der Waals surface area contributed by atoms with Gasteiger partial charge in [0.25, 0.3) is 5.91 Å². The van der Waals surface area contributed by atoms with Crippen LogP contribution in [-0.4, -0.2) is 37.0 Å². The number of piperazine rings is 1. The van der Waals surface area contributed by atoms with Gasteiger partial charge in [0.15, 0.2) is 0 Å². The van der Waals surface area contributed by atoms with Crippen LogP contribution >= 0.6 is 0 Å². The third-order valence-corrected chi connectivity index (χ3v) is 3.42. The van der Waals surface area contributed by atoms with Crippen LogP contribution in [0.15, 0.2) is 12.1 Å². The fourth-order valence-electron chi connectivity index (χ4n) is 2.06. The van der Waals surface area contributed by atoms with E-state index in [1.165, 1.54) is 0 Å². The Kier molecular flexibility index (Phi) is 3.33. The number of nitrogen functional groups attached to an aromatic ring is 1. The smallest absolute Gasteiger partial charge is 0.256 e. The molecule has 0 saturated carbocycles. The molecule has 1 aliphatic heterocycles. The van der Waals surface area contributed by atoms with Gasteiger partial charge in [0.05, 0.1) is 5.56 Å². The Bertz CT molecular complexity index is 437. The quantitative estimate of drug-likeness (QED) is 0.709. The summed E-state index contributed by atoms with van der Waals surface area (Å²) < 4.78 is 0. The van der Waals surface area contributed by atoms with E-state index in [4.69, 9.17) is 5.73 Å². The molecule has 4 heteroatoms. The van der Waals surface area contributed by atoms with Crippen LogP contribution in [0.2, 0.25) is 0 Å². The van der Waals surface area contributed by atoms with Crippen LogP contribution in [0.4, 0.5) is 5.69 Å². The largest absolute Gasteiger partial charge is 0.398 e. The zero-order valence-corrected chi connectivity index (χ0v) is 10.4. The van der Waals surface area contributed by atoms with Gasteiger partial charge in [-0.05, 0) is 31.0 Å². The molecule has 1 heterocycles. The van der Waals surface area contributed by atoms with E-state index in [0.717, 1.165) is 37.3 Å². The van der Waals surface area contributed by atoms with Crippen molar-refractivity contribution < 1.29 is 4.79 Å². The summed E-state index contributed by atoms with van der Waals surface area (Å²) in [5.74, 6) is 0.0482. The standard InChI is InChI=1S/C13H19N3O/c1-9-3-4-11(12(14)10(9)2)13(17)16-7-5-15-6-8-16/h3-4,15H,5-8,14H2,1-2H3. The predicted molar refractivity (Wildman–Crippen MR) is 69.1 cm³/mol. The molecule has 0 radical (unpaired) electrons. The second kappa shape index (κ2) is 4.75. The number of anilines is 1. The van der Waals surface area contributed by atoms with Crippen LogP contribution in [-0.2, 0) is 0 Å². The van der Waals surface area contributed by atoms with Gasteiger partial charge in [-0.2, -0.15) is 0 Å². The molecule has 0 unspecified atom stereocenters. The van der Waals surface area contributed by atoms with Gasteiger partial charge < -0.3 is 16.0 Å². The highest BCUT2D eigenvalue weighted by Crippen LogP contribution is 2.22. The lowest BCUT2D eigenvalue weighted by Crippen LogP contribution is -2.46. The number of nitrogens with zero attached hydrogens (tertiary/aromatic N) is 1. The zero-order chi connectivity index (χ0) is 12.4. The third-order valence-electron chi connectivity index (χ3n) is 3.42. The van der Waals surface area contributed by atoms with Crippen molar-refractivity contribution in [2.75, 3.05) is 31.9 Å². The van der Waals surface area contributed by atoms with Gasteiger partial charge in [0.1, 0.15) is 0 Å². The highest BCUT2D eigenvalue weighted by Gasteiger charge is 2.20. The first-order valence-corrected chi connectivity index (χ1v) is 5.97. The van der Waals surface area contributed by atoms with Crippen molar-refractivity contribution in [1.82, 2.24) is 10.2 Å². The van der Waals surface area contributed by atoms with Crippen LogP contribution in [0.3, 0.4) is 0 Å². The summed E-state index contributed by atoms with van der Waals surface area (Å²) in [4.78, 5) is 14.2. The van der Waals surface area contributed by atoms with Crippen molar-refractivity contribution in [3.05, 3.63) is 28.8 Å². The first kappa shape index (κ1) is 11.9. The van der Waals surface area contributed by atoms with E-state index in [0.29, 0.717) is 11.3 Å². The zero-order valence-electron chi connectivity index (χ0n) is 10.4. The first-order valence-electron chi connectivity index (χ1n) is 5.97. The van der Waals surface area contributed by atoms with Gasteiger partial charge >= 0.3 is 0 Å². The number of carbonyl (C=O) groups is 1.